The lowest BCUT2D eigenvalue weighted by Crippen LogP contribution is -2.19. The molecule has 0 aliphatic rings. The molecule has 0 unspecified atom stereocenters. The second-order valence-corrected chi connectivity index (χ2v) is 9.14. The quantitative estimate of drug-likeness (QED) is 0.242. The Morgan fingerprint density at radius 1 is 1.05 bits per heavy atom. The summed E-state index contributed by atoms with van der Waals surface area (Å²) in [7, 11) is 1.63. The Balaban J connectivity index is 1.46. The molecule has 0 fully saturated rings. The van der Waals surface area contributed by atoms with Crippen LogP contribution in [0.15, 0.2) is 85.3 Å². The lowest BCUT2D eigenvalue weighted by Gasteiger charge is -2.10. The second-order valence-electron chi connectivity index (χ2n) is 8.29. The van der Waals surface area contributed by atoms with Crippen LogP contribution < -0.4 is 10.1 Å². The summed E-state index contributed by atoms with van der Waals surface area (Å²) in [5.74, 6) is 1.20. The van der Waals surface area contributed by atoms with Crippen molar-refractivity contribution < 1.29 is 9.53 Å². The van der Waals surface area contributed by atoms with E-state index in [9.17, 15) is 4.79 Å². The number of hydrogen-bond acceptors (Lipinski definition) is 4. The number of imidazole rings is 1. The largest absolute Gasteiger partial charge is 0.497 e. The van der Waals surface area contributed by atoms with Crippen molar-refractivity contribution in [3.8, 4) is 17.0 Å². The zero-order valence-corrected chi connectivity index (χ0v) is 21.4. The average Bonchev–Trinajstić information content (AvgIpc) is 3.29. The number of methoxy groups -OCH3 is 1. The maximum absolute atomic E-state index is 13.1. The van der Waals surface area contributed by atoms with Gasteiger partial charge in [-0.15, -0.1) is 0 Å². The number of halogens is 2. The third-order valence-corrected chi connectivity index (χ3v) is 6.37. The van der Waals surface area contributed by atoms with Crippen molar-refractivity contribution in [2.75, 3.05) is 12.4 Å². The maximum Gasteiger partial charge on any atom is 0.244 e. The van der Waals surface area contributed by atoms with E-state index in [0.29, 0.717) is 21.6 Å². The van der Waals surface area contributed by atoms with Crippen molar-refractivity contribution >= 4 is 57.7 Å². The van der Waals surface area contributed by atoms with E-state index in [2.05, 4.69) is 10.3 Å². The summed E-state index contributed by atoms with van der Waals surface area (Å²) >= 11 is 12.5. The first-order chi connectivity index (χ1) is 18.0. The fraction of sp³-hybridized carbons (Fsp3) is 0.0690. The van der Waals surface area contributed by atoms with Crippen LogP contribution in [-0.4, -0.2) is 27.6 Å². The molecule has 0 bridgehead atoms. The van der Waals surface area contributed by atoms with Crippen molar-refractivity contribution in [2.24, 2.45) is 0 Å². The molecule has 1 amide bonds. The summed E-state index contributed by atoms with van der Waals surface area (Å²) in [6.45, 7) is 0.0575. The SMILES string of the molecule is COc1ccc(C=Cc2nc(-c3ccc(Cl)cc3Cl)cn2CC(=O)Nc2cccc3cnccc23)cc1. The summed E-state index contributed by atoms with van der Waals surface area (Å²) < 4.78 is 7.03. The van der Waals surface area contributed by atoms with Crippen LogP contribution in [0.4, 0.5) is 5.69 Å². The summed E-state index contributed by atoms with van der Waals surface area (Å²) in [6, 6.07) is 20.5. The maximum atomic E-state index is 13.1. The van der Waals surface area contributed by atoms with Crippen molar-refractivity contribution in [3.05, 3.63) is 107 Å². The molecule has 0 radical (unpaired) electrons. The number of rotatable bonds is 7. The molecule has 0 atom stereocenters. The summed E-state index contributed by atoms with van der Waals surface area (Å²) in [6.07, 6.45) is 9.09. The summed E-state index contributed by atoms with van der Waals surface area (Å²) in [5, 5.41) is 5.91. The number of amides is 1. The van der Waals surface area contributed by atoms with E-state index < -0.39 is 0 Å². The van der Waals surface area contributed by atoms with Gasteiger partial charge in [0.05, 0.1) is 17.8 Å². The molecule has 2 aromatic heterocycles. The Kier molecular flexibility index (Phi) is 7.21. The standard InChI is InChI=1S/C29H22Cl2N4O2/c1-37-22-9-5-19(6-10-22)7-12-28-33-27(24-11-8-21(30)15-25(24)31)17-35(28)18-29(36)34-26-4-2-3-20-16-32-14-13-23(20)26/h2-17H,18H2,1H3,(H,34,36). The van der Waals surface area contributed by atoms with Gasteiger partial charge >= 0.3 is 0 Å². The topological polar surface area (TPSA) is 69.0 Å². The van der Waals surface area contributed by atoms with Gasteiger partial charge in [0.2, 0.25) is 5.91 Å². The first-order valence-corrected chi connectivity index (χ1v) is 12.2. The van der Waals surface area contributed by atoms with Gasteiger partial charge in [-0.25, -0.2) is 4.98 Å². The Bertz CT molecular complexity index is 1610. The van der Waals surface area contributed by atoms with Crippen LogP contribution in [0, 0.1) is 0 Å². The van der Waals surface area contributed by atoms with E-state index >= 15 is 0 Å². The molecule has 37 heavy (non-hydrogen) atoms. The predicted octanol–water partition coefficient (Wildman–Crippen LogP) is 7.22. The smallest absolute Gasteiger partial charge is 0.244 e. The van der Waals surface area contributed by atoms with Gasteiger partial charge in [0.15, 0.2) is 0 Å². The summed E-state index contributed by atoms with van der Waals surface area (Å²) in [5.41, 5.74) is 3.06. The molecule has 3 aromatic carbocycles. The first-order valence-electron chi connectivity index (χ1n) is 11.5. The number of pyridine rings is 1. The number of aromatic nitrogens is 3. The monoisotopic (exact) mass is 528 g/mol. The van der Waals surface area contributed by atoms with Crippen molar-refractivity contribution in [3.63, 3.8) is 0 Å². The molecule has 5 aromatic rings. The van der Waals surface area contributed by atoms with Crippen molar-refractivity contribution in [1.29, 1.82) is 0 Å². The minimum Gasteiger partial charge on any atom is -0.497 e. The van der Waals surface area contributed by atoms with Gasteiger partial charge < -0.3 is 14.6 Å². The van der Waals surface area contributed by atoms with Crippen LogP contribution in [0.3, 0.4) is 0 Å². The average molecular weight is 529 g/mol. The van der Waals surface area contributed by atoms with E-state index in [0.717, 1.165) is 33.3 Å². The third-order valence-electron chi connectivity index (χ3n) is 5.82. The first kappa shape index (κ1) is 24.6. The fourth-order valence-electron chi connectivity index (χ4n) is 3.98. The van der Waals surface area contributed by atoms with Gasteiger partial charge in [-0.05, 0) is 54.1 Å². The molecule has 0 aliphatic carbocycles. The number of ether oxygens (including phenoxy) is 1. The van der Waals surface area contributed by atoms with E-state index in [4.69, 9.17) is 32.9 Å². The highest BCUT2D eigenvalue weighted by Gasteiger charge is 2.14. The highest BCUT2D eigenvalue weighted by molar-refractivity contribution is 6.36. The van der Waals surface area contributed by atoms with E-state index in [1.165, 1.54) is 0 Å². The number of benzene rings is 3. The molecular weight excluding hydrogens is 507 g/mol. The minimum absolute atomic E-state index is 0.0575. The minimum atomic E-state index is -0.186. The number of hydrogen-bond donors (Lipinski definition) is 1. The molecule has 1 N–H and O–H groups in total. The van der Waals surface area contributed by atoms with Crippen LogP contribution in [0.1, 0.15) is 11.4 Å². The Labute approximate surface area is 224 Å². The van der Waals surface area contributed by atoms with E-state index in [1.54, 1.807) is 36.2 Å². The summed E-state index contributed by atoms with van der Waals surface area (Å²) in [4.78, 5) is 22.0. The van der Waals surface area contributed by atoms with Gasteiger partial charge in [0, 0.05) is 45.6 Å². The number of nitrogens with zero attached hydrogens (tertiary/aromatic N) is 3. The molecule has 2 heterocycles. The molecular formula is C29H22Cl2N4O2. The molecule has 0 spiro atoms. The van der Waals surface area contributed by atoms with E-state index in [1.807, 2.05) is 72.9 Å². The lowest BCUT2D eigenvalue weighted by atomic mass is 10.1. The van der Waals surface area contributed by atoms with Crippen LogP contribution in [0.2, 0.25) is 10.0 Å². The molecule has 184 valence electrons. The molecule has 0 aliphatic heterocycles. The van der Waals surface area contributed by atoms with Gasteiger partial charge in [-0.2, -0.15) is 0 Å². The van der Waals surface area contributed by atoms with Gasteiger partial charge in [0.25, 0.3) is 0 Å². The highest BCUT2D eigenvalue weighted by atomic mass is 35.5. The van der Waals surface area contributed by atoms with Crippen LogP contribution in [0.5, 0.6) is 5.75 Å². The Morgan fingerprint density at radius 3 is 2.68 bits per heavy atom. The number of fused-ring (bicyclic) bond motifs is 1. The Hall–Kier alpha value is -4.13. The molecule has 0 saturated carbocycles. The van der Waals surface area contributed by atoms with Gasteiger partial charge in [-0.3, -0.25) is 9.78 Å². The van der Waals surface area contributed by atoms with Crippen LogP contribution >= 0.6 is 23.2 Å². The normalized spacial score (nSPS) is 11.2. The zero-order valence-electron chi connectivity index (χ0n) is 19.9. The molecule has 0 saturated heterocycles. The number of carbonyl (C=O) groups is 1. The second kappa shape index (κ2) is 10.9. The number of anilines is 1. The van der Waals surface area contributed by atoms with E-state index in [-0.39, 0.29) is 12.5 Å². The van der Waals surface area contributed by atoms with Crippen molar-refractivity contribution in [2.45, 2.75) is 6.54 Å². The lowest BCUT2D eigenvalue weighted by molar-refractivity contribution is -0.116. The Morgan fingerprint density at radius 2 is 1.89 bits per heavy atom. The van der Waals surface area contributed by atoms with Gasteiger partial charge in [0.1, 0.15) is 18.1 Å². The molecule has 6 nitrogen and oxygen atoms in total. The van der Waals surface area contributed by atoms with Gasteiger partial charge in [-0.1, -0.05) is 53.5 Å². The highest BCUT2D eigenvalue weighted by Crippen LogP contribution is 2.30. The van der Waals surface area contributed by atoms with Crippen LogP contribution in [0.25, 0.3) is 34.2 Å². The predicted molar refractivity (Wildman–Crippen MR) is 150 cm³/mol. The molecule has 8 heteroatoms. The number of carbonyl (C=O) groups excluding carboxylic acids is 1. The van der Waals surface area contributed by atoms with Crippen molar-refractivity contribution in [1.82, 2.24) is 14.5 Å². The zero-order chi connectivity index (χ0) is 25.8. The van der Waals surface area contributed by atoms with Crippen LogP contribution in [-0.2, 0) is 11.3 Å². The fourth-order valence-corrected chi connectivity index (χ4v) is 4.48. The third kappa shape index (κ3) is 5.66. The number of nitrogens with one attached hydrogen (secondary N) is 1. The molecule has 5 rings (SSSR count).